The van der Waals surface area contributed by atoms with E-state index in [1.807, 2.05) is 18.2 Å². The Hall–Kier alpha value is -4.54. The lowest BCUT2D eigenvalue weighted by molar-refractivity contribution is 0.0599. The summed E-state index contributed by atoms with van der Waals surface area (Å²) in [6, 6.07) is 10.0. The van der Waals surface area contributed by atoms with Crippen molar-refractivity contribution in [2.24, 2.45) is 0 Å². The first kappa shape index (κ1) is 21.7. The number of aromatic nitrogens is 2. The molecular weight excluding hydrogens is 430 g/mol. The van der Waals surface area contributed by atoms with E-state index in [-0.39, 0.29) is 29.4 Å². The zero-order valence-electron chi connectivity index (χ0n) is 17.9. The Morgan fingerprint density at radius 2 is 1.64 bits per heavy atom. The molecule has 2 heterocycles. The first-order valence-corrected chi connectivity index (χ1v) is 9.80. The number of methoxy groups -OCH3 is 2. The van der Waals surface area contributed by atoms with Crippen LogP contribution in [0.25, 0.3) is 0 Å². The lowest BCUT2D eigenvalue weighted by atomic mass is 10.1. The van der Waals surface area contributed by atoms with Crippen LogP contribution in [0.15, 0.2) is 42.7 Å². The van der Waals surface area contributed by atoms with Crippen molar-refractivity contribution >= 4 is 34.9 Å². The predicted octanol–water partition coefficient (Wildman–Crippen LogP) is 2.72. The minimum atomic E-state index is -0.606. The molecule has 11 heteroatoms. The van der Waals surface area contributed by atoms with Gasteiger partial charge in [0, 0.05) is 12.2 Å². The quantitative estimate of drug-likeness (QED) is 0.456. The molecule has 1 aliphatic rings. The van der Waals surface area contributed by atoms with E-state index in [1.54, 1.807) is 0 Å². The zero-order valence-corrected chi connectivity index (χ0v) is 17.9. The van der Waals surface area contributed by atoms with Crippen molar-refractivity contribution in [2.75, 3.05) is 37.4 Å². The molecule has 0 radical (unpaired) electrons. The summed E-state index contributed by atoms with van der Waals surface area (Å²) >= 11 is 0. The molecule has 4 rings (SSSR count). The number of nitrogens with two attached hydrogens (primary N) is 1. The third kappa shape index (κ3) is 4.71. The van der Waals surface area contributed by atoms with Crippen LogP contribution in [0.5, 0.6) is 11.5 Å². The van der Waals surface area contributed by atoms with Crippen molar-refractivity contribution < 1.29 is 28.5 Å². The van der Waals surface area contributed by atoms with Gasteiger partial charge in [0.2, 0.25) is 6.79 Å². The lowest BCUT2D eigenvalue weighted by Crippen LogP contribution is -2.10. The fourth-order valence-electron chi connectivity index (χ4n) is 3.18. The van der Waals surface area contributed by atoms with E-state index in [1.165, 1.54) is 38.7 Å². The molecule has 3 aromatic rings. The first-order valence-electron chi connectivity index (χ1n) is 9.80. The minimum absolute atomic E-state index is 0.164. The summed E-state index contributed by atoms with van der Waals surface area (Å²) in [6.07, 6.45) is 1.34. The van der Waals surface area contributed by atoms with Gasteiger partial charge in [-0.3, -0.25) is 0 Å². The van der Waals surface area contributed by atoms with E-state index in [0.29, 0.717) is 29.5 Å². The minimum Gasteiger partial charge on any atom is -0.465 e. The Bertz CT molecular complexity index is 1180. The Morgan fingerprint density at radius 3 is 2.33 bits per heavy atom. The second-order valence-electron chi connectivity index (χ2n) is 6.93. The first-order chi connectivity index (χ1) is 16.0. The molecule has 0 saturated carbocycles. The van der Waals surface area contributed by atoms with Crippen molar-refractivity contribution in [2.45, 2.75) is 6.54 Å². The molecule has 170 valence electrons. The highest BCUT2D eigenvalue weighted by Gasteiger charge is 2.16. The van der Waals surface area contributed by atoms with Gasteiger partial charge in [-0.1, -0.05) is 6.07 Å². The number of benzene rings is 2. The number of nitrogens with one attached hydrogen (secondary N) is 2. The van der Waals surface area contributed by atoms with E-state index in [9.17, 15) is 9.59 Å². The van der Waals surface area contributed by atoms with E-state index >= 15 is 0 Å². The van der Waals surface area contributed by atoms with Gasteiger partial charge in [0.15, 0.2) is 23.1 Å². The summed E-state index contributed by atoms with van der Waals surface area (Å²) in [7, 11) is 2.50. The standard InChI is InChI=1S/C22H21N5O6/c1-30-21(28)13-6-14(22(29)31-2)8-15(7-13)27-20-18(23)19(25-10-26-20)24-9-12-3-4-16-17(5-12)33-11-32-16/h3-8,10H,9,11,23H2,1-2H3,(H2,24,25,26,27). The fourth-order valence-corrected chi connectivity index (χ4v) is 3.18. The summed E-state index contributed by atoms with van der Waals surface area (Å²) in [4.78, 5) is 32.4. The maximum Gasteiger partial charge on any atom is 0.337 e. The maximum absolute atomic E-state index is 12.0. The normalized spacial score (nSPS) is 11.6. The number of carbonyl (C=O) groups excluding carboxylic acids is 2. The summed E-state index contributed by atoms with van der Waals surface area (Å²) in [5.41, 5.74) is 8.17. The highest BCUT2D eigenvalue weighted by atomic mass is 16.7. The van der Waals surface area contributed by atoms with Crippen LogP contribution in [0.4, 0.5) is 23.0 Å². The number of esters is 2. The van der Waals surface area contributed by atoms with E-state index in [0.717, 1.165) is 5.56 Å². The predicted molar refractivity (Wildman–Crippen MR) is 119 cm³/mol. The van der Waals surface area contributed by atoms with Gasteiger partial charge in [-0.2, -0.15) is 0 Å². The van der Waals surface area contributed by atoms with Crippen LogP contribution in [-0.2, 0) is 16.0 Å². The van der Waals surface area contributed by atoms with Crippen molar-refractivity contribution in [3.63, 3.8) is 0 Å². The number of rotatable bonds is 7. The number of anilines is 4. The highest BCUT2D eigenvalue weighted by Crippen LogP contribution is 2.33. The van der Waals surface area contributed by atoms with E-state index in [4.69, 9.17) is 24.7 Å². The topological polar surface area (TPSA) is 147 Å². The molecule has 2 aromatic carbocycles. The molecule has 1 aliphatic heterocycles. The van der Waals surface area contributed by atoms with Crippen molar-refractivity contribution in [3.05, 3.63) is 59.4 Å². The Morgan fingerprint density at radius 1 is 0.970 bits per heavy atom. The SMILES string of the molecule is COC(=O)c1cc(Nc2ncnc(NCc3ccc4c(c3)OCO4)c2N)cc(C(=O)OC)c1. The largest absolute Gasteiger partial charge is 0.465 e. The molecule has 0 bridgehead atoms. The molecule has 0 saturated heterocycles. The second kappa shape index (κ2) is 9.30. The van der Waals surface area contributed by atoms with Gasteiger partial charge in [-0.15, -0.1) is 0 Å². The van der Waals surface area contributed by atoms with E-state index in [2.05, 4.69) is 20.6 Å². The molecule has 0 aliphatic carbocycles. The van der Waals surface area contributed by atoms with Gasteiger partial charge in [-0.05, 0) is 35.9 Å². The number of fused-ring (bicyclic) bond motifs is 1. The molecule has 33 heavy (non-hydrogen) atoms. The lowest BCUT2D eigenvalue weighted by Gasteiger charge is -2.14. The summed E-state index contributed by atoms with van der Waals surface area (Å²) in [6.45, 7) is 0.635. The molecule has 0 fully saturated rings. The molecule has 0 spiro atoms. The van der Waals surface area contributed by atoms with Gasteiger partial charge >= 0.3 is 11.9 Å². The summed E-state index contributed by atoms with van der Waals surface area (Å²) in [5.74, 6) is 0.862. The number of nitrogens with zero attached hydrogens (tertiary/aromatic N) is 2. The summed E-state index contributed by atoms with van der Waals surface area (Å²) < 4.78 is 20.2. The second-order valence-corrected chi connectivity index (χ2v) is 6.93. The Kier molecular flexibility index (Phi) is 6.11. The zero-order chi connectivity index (χ0) is 23.4. The van der Waals surface area contributed by atoms with Crippen molar-refractivity contribution in [1.29, 1.82) is 0 Å². The van der Waals surface area contributed by atoms with Crippen LogP contribution < -0.4 is 25.8 Å². The van der Waals surface area contributed by atoms with Gasteiger partial charge in [0.1, 0.15) is 12.0 Å². The highest BCUT2D eigenvalue weighted by molar-refractivity contribution is 5.97. The van der Waals surface area contributed by atoms with Crippen molar-refractivity contribution in [1.82, 2.24) is 9.97 Å². The van der Waals surface area contributed by atoms with Crippen LogP contribution in [0.1, 0.15) is 26.3 Å². The average Bonchev–Trinajstić information content (AvgIpc) is 3.31. The number of carbonyl (C=O) groups is 2. The molecular formula is C22H21N5O6. The molecule has 4 N–H and O–H groups in total. The number of hydrogen-bond donors (Lipinski definition) is 3. The van der Waals surface area contributed by atoms with Gasteiger partial charge in [-0.25, -0.2) is 19.6 Å². The monoisotopic (exact) mass is 451 g/mol. The van der Waals surface area contributed by atoms with E-state index < -0.39 is 11.9 Å². The summed E-state index contributed by atoms with van der Waals surface area (Å²) in [5, 5.41) is 6.18. The van der Waals surface area contributed by atoms with Gasteiger partial charge in [0.25, 0.3) is 0 Å². The van der Waals surface area contributed by atoms with Crippen molar-refractivity contribution in [3.8, 4) is 11.5 Å². The maximum atomic E-state index is 12.0. The third-order valence-corrected chi connectivity index (χ3v) is 4.82. The van der Waals surface area contributed by atoms with Crippen LogP contribution in [0, 0.1) is 0 Å². The fraction of sp³-hybridized carbons (Fsp3) is 0.182. The third-order valence-electron chi connectivity index (χ3n) is 4.82. The molecule has 1 aromatic heterocycles. The van der Waals surface area contributed by atoms with Crippen LogP contribution in [-0.4, -0.2) is 42.9 Å². The number of nitrogen functional groups attached to an aromatic ring is 1. The molecule has 0 amide bonds. The molecule has 11 nitrogen and oxygen atoms in total. The van der Waals surface area contributed by atoms with Gasteiger partial charge in [0.05, 0.1) is 25.3 Å². The Balaban J connectivity index is 1.55. The Labute approximate surface area is 188 Å². The average molecular weight is 451 g/mol. The van der Waals surface area contributed by atoms with Crippen LogP contribution in [0.3, 0.4) is 0 Å². The number of ether oxygens (including phenoxy) is 4. The van der Waals surface area contributed by atoms with Crippen LogP contribution >= 0.6 is 0 Å². The molecule has 0 atom stereocenters. The van der Waals surface area contributed by atoms with Crippen LogP contribution in [0.2, 0.25) is 0 Å². The smallest absolute Gasteiger partial charge is 0.337 e. The van der Waals surface area contributed by atoms with Gasteiger partial charge < -0.3 is 35.3 Å². The molecule has 0 unspecified atom stereocenters. The number of hydrogen-bond acceptors (Lipinski definition) is 11.